The molecule has 1 fully saturated rings. The fourth-order valence-corrected chi connectivity index (χ4v) is 5.60. The normalized spacial score (nSPS) is 20.3. The molecule has 32 heavy (non-hydrogen) atoms. The maximum Gasteiger partial charge on any atom is 0.416 e. The van der Waals surface area contributed by atoms with Crippen molar-refractivity contribution in [3.8, 4) is 5.75 Å². The van der Waals surface area contributed by atoms with Gasteiger partial charge in [-0.15, -0.1) is 0 Å². The second-order valence-corrected chi connectivity index (χ2v) is 9.97. The lowest BCUT2D eigenvalue weighted by molar-refractivity contribution is -0.137. The van der Waals surface area contributed by atoms with Crippen molar-refractivity contribution in [2.75, 3.05) is 19.7 Å². The number of amides is 1. The van der Waals surface area contributed by atoms with Crippen molar-refractivity contribution in [1.29, 1.82) is 0 Å². The van der Waals surface area contributed by atoms with Crippen molar-refractivity contribution >= 4 is 15.9 Å². The molecule has 1 saturated heterocycles. The van der Waals surface area contributed by atoms with Crippen LogP contribution in [-0.2, 0) is 27.4 Å². The number of para-hydroxylation sites is 1. The Balaban J connectivity index is 1.35. The lowest BCUT2D eigenvalue weighted by atomic mass is 9.96. The van der Waals surface area contributed by atoms with Crippen molar-refractivity contribution in [3.63, 3.8) is 0 Å². The lowest BCUT2D eigenvalue weighted by Gasteiger charge is -2.32. The highest BCUT2D eigenvalue weighted by atomic mass is 32.2. The zero-order chi connectivity index (χ0) is 22.9. The monoisotopic (exact) mass is 468 g/mol. The second kappa shape index (κ2) is 8.74. The Morgan fingerprint density at radius 1 is 1.06 bits per heavy atom. The van der Waals surface area contributed by atoms with Gasteiger partial charge in [-0.3, -0.25) is 4.79 Å². The predicted octanol–water partition coefficient (Wildman–Crippen LogP) is 3.23. The van der Waals surface area contributed by atoms with Crippen LogP contribution in [0.1, 0.15) is 24.0 Å². The number of fused-ring (bicyclic) bond motifs is 1. The zero-order valence-corrected chi connectivity index (χ0v) is 18.0. The summed E-state index contributed by atoms with van der Waals surface area (Å²) in [5.41, 5.74) is 0.00941. The first-order valence-electron chi connectivity index (χ1n) is 10.3. The van der Waals surface area contributed by atoms with Crippen LogP contribution in [-0.4, -0.2) is 44.4 Å². The molecule has 10 heteroatoms. The molecule has 0 aromatic heterocycles. The first-order valence-corrected chi connectivity index (χ1v) is 11.8. The Bertz CT molecular complexity index is 1100. The smallest absolute Gasteiger partial charge is 0.416 e. The minimum Gasteiger partial charge on any atom is -0.491 e. The summed E-state index contributed by atoms with van der Waals surface area (Å²) in [4.78, 5) is 12.3. The van der Waals surface area contributed by atoms with Crippen LogP contribution in [0.15, 0.2) is 53.4 Å². The molecule has 6 nitrogen and oxygen atoms in total. The van der Waals surface area contributed by atoms with E-state index in [9.17, 15) is 26.4 Å². The zero-order valence-electron chi connectivity index (χ0n) is 17.1. The third kappa shape index (κ3) is 4.75. The summed E-state index contributed by atoms with van der Waals surface area (Å²) in [6, 6.07) is 11.2. The van der Waals surface area contributed by atoms with Gasteiger partial charge in [0.25, 0.3) is 0 Å². The van der Waals surface area contributed by atoms with Crippen molar-refractivity contribution < 1.29 is 31.1 Å². The van der Waals surface area contributed by atoms with E-state index < -0.39 is 26.7 Å². The molecular weight excluding hydrogens is 445 g/mol. The van der Waals surface area contributed by atoms with Gasteiger partial charge < -0.3 is 10.1 Å². The van der Waals surface area contributed by atoms with Crippen LogP contribution in [0, 0.1) is 5.92 Å². The van der Waals surface area contributed by atoms with E-state index in [0.717, 1.165) is 33.8 Å². The molecule has 1 amide bonds. The molecule has 2 aliphatic rings. The summed E-state index contributed by atoms with van der Waals surface area (Å²) in [6.45, 7) is 0.507. The minimum absolute atomic E-state index is 0.0701. The van der Waals surface area contributed by atoms with E-state index in [1.54, 1.807) is 0 Å². The summed E-state index contributed by atoms with van der Waals surface area (Å²) >= 11 is 0. The standard InChI is InChI=1S/C22H23F3N2O4S/c23-22(24,25)17-5-3-6-19(13-17)32(29,30)27-10-8-15(9-11-27)21(28)26-18-12-16-4-1-2-7-20(16)31-14-18/h1-7,13,15,18H,8-12,14H2,(H,26,28). The lowest BCUT2D eigenvalue weighted by Crippen LogP contribution is -2.48. The summed E-state index contributed by atoms with van der Waals surface area (Å²) in [6.07, 6.45) is -3.37. The van der Waals surface area contributed by atoms with Crippen molar-refractivity contribution in [3.05, 3.63) is 59.7 Å². The molecule has 2 aromatic carbocycles. The van der Waals surface area contributed by atoms with Crippen LogP contribution in [0.4, 0.5) is 13.2 Å². The van der Waals surface area contributed by atoms with E-state index in [0.29, 0.717) is 31.9 Å². The first kappa shape index (κ1) is 22.6. The number of hydrogen-bond donors (Lipinski definition) is 1. The van der Waals surface area contributed by atoms with Crippen LogP contribution in [0.2, 0.25) is 0 Å². The average molecular weight is 468 g/mol. The van der Waals surface area contributed by atoms with Gasteiger partial charge in [0.2, 0.25) is 15.9 Å². The summed E-state index contributed by atoms with van der Waals surface area (Å²) in [5.74, 6) is 0.292. The molecule has 1 N–H and O–H groups in total. The van der Waals surface area contributed by atoms with Gasteiger partial charge in [-0.05, 0) is 49.1 Å². The summed E-state index contributed by atoms with van der Waals surface area (Å²) in [7, 11) is -4.07. The van der Waals surface area contributed by atoms with Crippen LogP contribution in [0.3, 0.4) is 0 Å². The van der Waals surface area contributed by atoms with E-state index in [1.165, 1.54) is 0 Å². The van der Waals surface area contributed by atoms with Gasteiger partial charge in [0, 0.05) is 19.0 Å². The molecule has 172 valence electrons. The quantitative estimate of drug-likeness (QED) is 0.748. The molecule has 4 rings (SSSR count). The number of alkyl halides is 3. The number of ether oxygens (including phenoxy) is 1. The highest BCUT2D eigenvalue weighted by Crippen LogP contribution is 2.32. The molecular formula is C22H23F3N2O4S. The van der Waals surface area contributed by atoms with Crippen LogP contribution >= 0.6 is 0 Å². The Labute approximate surface area is 184 Å². The van der Waals surface area contributed by atoms with Crippen molar-refractivity contribution in [2.45, 2.75) is 36.4 Å². The van der Waals surface area contributed by atoms with Gasteiger partial charge in [0.15, 0.2) is 0 Å². The van der Waals surface area contributed by atoms with Gasteiger partial charge in [-0.25, -0.2) is 8.42 Å². The Morgan fingerprint density at radius 2 is 1.78 bits per heavy atom. The topological polar surface area (TPSA) is 75.7 Å². The maximum absolute atomic E-state index is 13.0. The van der Waals surface area contributed by atoms with E-state index in [1.807, 2.05) is 24.3 Å². The molecule has 0 radical (unpaired) electrons. The van der Waals surface area contributed by atoms with E-state index in [4.69, 9.17) is 4.74 Å². The second-order valence-electron chi connectivity index (χ2n) is 8.03. The van der Waals surface area contributed by atoms with Crippen molar-refractivity contribution in [1.82, 2.24) is 9.62 Å². The molecule has 0 saturated carbocycles. The molecule has 1 atom stereocenters. The Kier molecular flexibility index (Phi) is 6.17. The van der Waals surface area contributed by atoms with Gasteiger partial charge >= 0.3 is 6.18 Å². The fraction of sp³-hybridized carbons (Fsp3) is 0.409. The molecule has 2 aromatic rings. The SMILES string of the molecule is O=C(NC1COc2ccccc2C1)C1CCN(S(=O)(=O)c2cccc(C(F)(F)F)c2)CC1. The third-order valence-electron chi connectivity index (χ3n) is 5.85. The number of carbonyl (C=O) groups is 1. The third-order valence-corrected chi connectivity index (χ3v) is 7.74. The number of nitrogens with zero attached hydrogens (tertiary/aromatic N) is 1. The summed E-state index contributed by atoms with van der Waals surface area (Å²) < 4.78 is 71.3. The average Bonchev–Trinajstić information content (AvgIpc) is 2.78. The number of benzene rings is 2. The predicted molar refractivity (Wildman–Crippen MR) is 110 cm³/mol. The van der Waals surface area contributed by atoms with Crippen LogP contribution < -0.4 is 10.1 Å². The molecule has 0 aliphatic carbocycles. The van der Waals surface area contributed by atoms with Gasteiger partial charge in [0.05, 0.1) is 16.5 Å². The first-order chi connectivity index (χ1) is 15.1. The number of sulfonamides is 1. The number of piperidine rings is 1. The van der Waals surface area contributed by atoms with Gasteiger partial charge in [-0.2, -0.15) is 17.5 Å². The molecule has 1 unspecified atom stereocenters. The number of hydrogen-bond acceptors (Lipinski definition) is 4. The Morgan fingerprint density at radius 3 is 2.50 bits per heavy atom. The molecule has 2 heterocycles. The number of nitrogens with one attached hydrogen (secondary N) is 1. The van der Waals surface area contributed by atoms with Crippen LogP contribution in [0.5, 0.6) is 5.75 Å². The number of rotatable bonds is 4. The van der Waals surface area contributed by atoms with E-state index in [-0.39, 0.29) is 31.0 Å². The van der Waals surface area contributed by atoms with Gasteiger partial charge in [0.1, 0.15) is 12.4 Å². The molecule has 0 bridgehead atoms. The number of halogens is 3. The van der Waals surface area contributed by atoms with E-state index >= 15 is 0 Å². The largest absolute Gasteiger partial charge is 0.491 e. The highest BCUT2D eigenvalue weighted by molar-refractivity contribution is 7.89. The number of carbonyl (C=O) groups excluding carboxylic acids is 1. The molecule has 0 spiro atoms. The summed E-state index contributed by atoms with van der Waals surface area (Å²) in [5, 5.41) is 2.98. The van der Waals surface area contributed by atoms with E-state index in [2.05, 4.69) is 5.32 Å². The van der Waals surface area contributed by atoms with Gasteiger partial charge in [-0.1, -0.05) is 24.3 Å². The fourth-order valence-electron chi connectivity index (χ4n) is 4.08. The maximum atomic E-state index is 13.0. The minimum atomic E-state index is -4.63. The highest BCUT2D eigenvalue weighted by Gasteiger charge is 2.35. The Hall–Kier alpha value is -2.59. The molecule has 2 aliphatic heterocycles. The van der Waals surface area contributed by atoms with Crippen molar-refractivity contribution in [2.24, 2.45) is 5.92 Å². The van der Waals surface area contributed by atoms with Crippen LogP contribution in [0.25, 0.3) is 0 Å².